The second-order valence-corrected chi connectivity index (χ2v) is 11.9. The average Bonchev–Trinajstić information content (AvgIpc) is 3.50. The van der Waals surface area contributed by atoms with Crippen molar-refractivity contribution in [2.45, 2.75) is 12.8 Å². The van der Waals surface area contributed by atoms with Gasteiger partial charge in [-0.15, -0.1) is 0 Å². The third-order valence-corrected chi connectivity index (χ3v) is 10.1. The topological polar surface area (TPSA) is 0 Å². The Hall–Kier alpha value is -4.94. The van der Waals surface area contributed by atoms with Crippen LogP contribution in [0, 0.1) is 0 Å². The first-order chi connectivity index (χ1) is 19.8. The molecule has 3 aliphatic rings. The normalized spacial score (nSPS) is 14.2. The third kappa shape index (κ3) is 2.17. The van der Waals surface area contributed by atoms with E-state index in [4.69, 9.17) is 0 Å². The van der Waals surface area contributed by atoms with Gasteiger partial charge in [0.25, 0.3) is 0 Å². The summed E-state index contributed by atoms with van der Waals surface area (Å²) in [5.41, 5.74) is 14.0. The van der Waals surface area contributed by atoms with E-state index in [1.54, 1.807) is 0 Å². The van der Waals surface area contributed by atoms with Crippen LogP contribution in [0.5, 0.6) is 0 Å². The molecule has 11 rings (SSSR count). The van der Waals surface area contributed by atoms with E-state index in [-0.39, 0.29) is 0 Å². The summed E-state index contributed by atoms with van der Waals surface area (Å²) in [5.74, 6) is 0. The lowest BCUT2D eigenvalue weighted by Gasteiger charge is -2.16. The minimum Gasteiger partial charge on any atom is -0.0836 e. The summed E-state index contributed by atoms with van der Waals surface area (Å²) in [6.07, 6.45) is 6.91. The molecule has 0 amide bonds. The molecule has 0 saturated heterocycles. The molecule has 0 unspecified atom stereocenters. The minimum atomic E-state index is 1.14. The summed E-state index contributed by atoms with van der Waals surface area (Å²) in [5, 5.41) is 13.8. The van der Waals surface area contributed by atoms with Crippen LogP contribution in [0.3, 0.4) is 0 Å². The highest BCUT2D eigenvalue weighted by atomic mass is 14.3. The highest BCUT2D eigenvalue weighted by Crippen LogP contribution is 2.56. The number of allylic oxidation sites excluding steroid dienone is 1. The predicted molar refractivity (Wildman–Crippen MR) is 171 cm³/mol. The second-order valence-electron chi connectivity index (χ2n) is 11.9. The molecule has 0 nitrogen and oxygen atoms in total. The summed E-state index contributed by atoms with van der Waals surface area (Å²) < 4.78 is 0. The Morgan fingerprint density at radius 1 is 0.400 bits per heavy atom. The van der Waals surface area contributed by atoms with Crippen LogP contribution in [-0.2, 0) is 6.42 Å². The summed E-state index contributed by atoms with van der Waals surface area (Å²) in [6, 6.07) is 37.6. The molecule has 0 fully saturated rings. The Morgan fingerprint density at radius 2 is 0.875 bits per heavy atom. The first-order valence-corrected chi connectivity index (χ1v) is 14.4. The zero-order chi connectivity index (χ0) is 25.7. The molecule has 0 saturated carbocycles. The number of hydrogen-bond donors (Lipinski definition) is 0. The third-order valence-electron chi connectivity index (χ3n) is 10.1. The van der Waals surface area contributed by atoms with E-state index in [1.165, 1.54) is 109 Å². The van der Waals surface area contributed by atoms with Gasteiger partial charge in [0.1, 0.15) is 0 Å². The van der Waals surface area contributed by atoms with Gasteiger partial charge in [0.2, 0.25) is 0 Å². The molecule has 0 aliphatic heterocycles. The predicted octanol–water partition coefficient (Wildman–Crippen LogP) is 11.1. The van der Waals surface area contributed by atoms with Gasteiger partial charge in [-0.3, -0.25) is 0 Å². The van der Waals surface area contributed by atoms with Crippen molar-refractivity contribution in [3.05, 3.63) is 114 Å². The fourth-order valence-electron chi connectivity index (χ4n) is 8.40. The summed E-state index contributed by atoms with van der Waals surface area (Å²) in [6.45, 7) is 0. The van der Waals surface area contributed by atoms with E-state index in [1.807, 2.05) is 0 Å². The van der Waals surface area contributed by atoms with E-state index < -0.39 is 0 Å². The highest BCUT2D eigenvalue weighted by molar-refractivity contribution is 6.40. The van der Waals surface area contributed by atoms with E-state index in [2.05, 4.69) is 109 Å². The van der Waals surface area contributed by atoms with Gasteiger partial charge in [-0.25, -0.2) is 0 Å². The molecule has 3 aliphatic carbocycles. The molecule has 8 aromatic rings. The molecule has 182 valence electrons. The molecule has 8 aromatic carbocycles. The van der Waals surface area contributed by atoms with E-state index >= 15 is 0 Å². The smallest absolute Gasteiger partial charge is 0.00139 e. The van der Waals surface area contributed by atoms with E-state index in [9.17, 15) is 0 Å². The minimum absolute atomic E-state index is 1.14. The Morgan fingerprint density at radius 3 is 1.40 bits per heavy atom. The van der Waals surface area contributed by atoms with Crippen molar-refractivity contribution in [2.24, 2.45) is 0 Å². The molecule has 0 heteroatoms. The van der Waals surface area contributed by atoms with Crippen molar-refractivity contribution < 1.29 is 0 Å². The van der Waals surface area contributed by atoms with Gasteiger partial charge in [0, 0.05) is 0 Å². The quantitative estimate of drug-likeness (QED) is 0.143. The van der Waals surface area contributed by atoms with Gasteiger partial charge in [0.15, 0.2) is 0 Å². The molecule has 0 aromatic heterocycles. The van der Waals surface area contributed by atoms with E-state index in [0.717, 1.165) is 12.8 Å². The SMILES string of the molecule is C1=Cc2cc3c(cc2CC1)-c1ccc2c4ccc5c6c(ccc(c7ccc-3c1c72)c64)-c1cc2ccccc2cc1-5. The van der Waals surface area contributed by atoms with Crippen LogP contribution in [0.15, 0.2) is 103 Å². The van der Waals surface area contributed by atoms with Gasteiger partial charge in [-0.1, -0.05) is 84.9 Å². The van der Waals surface area contributed by atoms with Crippen LogP contribution in [0.4, 0.5) is 0 Å². The fourth-order valence-corrected chi connectivity index (χ4v) is 8.40. The zero-order valence-corrected chi connectivity index (χ0v) is 21.8. The lowest BCUT2D eigenvalue weighted by atomic mass is 9.86. The fraction of sp³-hybridized carbons (Fsp3) is 0.0500. The van der Waals surface area contributed by atoms with Crippen LogP contribution in [-0.4, -0.2) is 0 Å². The molecular formula is C40H22. The van der Waals surface area contributed by atoms with Crippen molar-refractivity contribution in [2.75, 3.05) is 0 Å². The van der Waals surface area contributed by atoms with Crippen LogP contribution >= 0.6 is 0 Å². The second kappa shape index (κ2) is 6.61. The first kappa shape index (κ1) is 20.0. The van der Waals surface area contributed by atoms with Gasteiger partial charge in [0.05, 0.1) is 0 Å². The van der Waals surface area contributed by atoms with E-state index in [0.29, 0.717) is 0 Å². The average molecular weight is 503 g/mol. The zero-order valence-electron chi connectivity index (χ0n) is 21.8. The molecule has 0 atom stereocenters. The standard InChI is InChI=1S/C40H22/c1-2-6-22-18-34-30-14-10-26-28-12-16-32-36-20-24-8-4-3-7-23(24)19-35(36)31-15-11-27(38(28)40(31)32)25-9-13-29(39(30)37(25)26)33(34)17-21(22)5-1/h1-3,5-7,9-20H,4,8H2. The number of hydrogen-bond acceptors (Lipinski definition) is 0. The van der Waals surface area contributed by atoms with Crippen LogP contribution < -0.4 is 0 Å². The van der Waals surface area contributed by atoms with Crippen LogP contribution in [0.1, 0.15) is 17.5 Å². The monoisotopic (exact) mass is 502 g/mol. The largest absolute Gasteiger partial charge is 0.0836 e. The van der Waals surface area contributed by atoms with Crippen LogP contribution in [0.25, 0.3) is 104 Å². The van der Waals surface area contributed by atoms with Gasteiger partial charge in [-0.2, -0.15) is 0 Å². The van der Waals surface area contributed by atoms with Crippen molar-refractivity contribution in [3.8, 4) is 44.5 Å². The Labute approximate surface area is 231 Å². The van der Waals surface area contributed by atoms with Crippen molar-refractivity contribution in [3.63, 3.8) is 0 Å². The lowest BCUT2D eigenvalue weighted by molar-refractivity contribution is 0.987. The molecule has 0 radical (unpaired) electrons. The maximum Gasteiger partial charge on any atom is -0.00139 e. The molecule has 0 spiro atoms. The maximum absolute atomic E-state index is 2.48. The van der Waals surface area contributed by atoms with Crippen LogP contribution in [0.2, 0.25) is 0 Å². The van der Waals surface area contributed by atoms with Gasteiger partial charge < -0.3 is 0 Å². The number of aryl methyl sites for hydroxylation is 1. The van der Waals surface area contributed by atoms with Gasteiger partial charge >= 0.3 is 0 Å². The summed E-state index contributed by atoms with van der Waals surface area (Å²) in [4.78, 5) is 0. The Balaban J connectivity index is 1.28. The first-order valence-electron chi connectivity index (χ1n) is 14.4. The van der Waals surface area contributed by atoms with Crippen molar-refractivity contribution >= 4 is 59.9 Å². The molecule has 0 heterocycles. The number of fused-ring (bicyclic) bond motifs is 10. The summed E-state index contributed by atoms with van der Waals surface area (Å²) >= 11 is 0. The van der Waals surface area contributed by atoms with Crippen molar-refractivity contribution in [1.82, 2.24) is 0 Å². The molecule has 0 bridgehead atoms. The lowest BCUT2D eigenvalue weighted by Crippen LogP contribution is -1.95. The Kier molecular flexibility index (Phi) is 3.31. The number of benzene rings is 8. The van der Waals surface area contributed by atoms with Crippen molar-refractivity contribution in [1.29, 1.82) is 0 Å². The maximum atomic E-state index is 2.48. The summed E-state index contributed by atoms with van der Waals surface area (Å²) in [7, 11) is 0. The van der Waals surface area contributed by atoms with Gasteiger partial charge in [-0.05, 0) is 147 Å². The Bertz CT molecular complexity index is 2420. The molecular weight excluding hydrogens is 480 g/mol. The molecule has 40 heavy (non-hydrogen) atoms. The highest BCUT2D eigenvalue weighted by Gasteiger charge is 2.29. The number of rotatable bonds is 0. The molecule has 0 N–H and O–H groups in total.